The Morgan fingerprint density at radius 3 is 2.58 bits per heavy atom. The molecule has 12 heteroatoms. The number of allylic oxidation sites excluding steroid dienone is 2. The number of hydrogen-bond acceptors (Lipinski definition) is 12. The number of rotatable bonds is 15. The van der Waals surface area contributed by atoms with E-state index in [9.17, 15) is 24.9 Å². The molecule has 50 heavy (non-hydrogen) atoms. The fourth-order valence-corrected chi connectivity index (χ4v) is 7.06. The van der Waals surface area contributed by atoms with Gasteiger partial charge in [-0.2, -0.15) is 0 Å². The molecular formula is C38H64N2O10. The summed E-state index contributed by atoms with van der Waals surface area (Å²) in [6, 6.07) is -0.382. The maximum absolute atomic E-state index is 12.9. The molecule has 2 saturated heterocycles. The van der Waals surface area contributed by atoms with Crippen LogP contribution in [0.5, 0.6) is 0 Å². The number of methoxy groups -OCH3 is 1. The van der Waals surface area contributed by atoms with Crippen molar-refractivity contribution in [3.63, 3.8) is 0 Å². The number of carbonyl (C=O) groups excluding carboxylic acids is 2. The molecule has 2 fully saturated rings. The standard InChI is InChI=1S/C38H64N2O10/c1-9-30(46-8)27(4)34-35(50-34)36(39-18-11-19-40-20-22-47-23-21-40)38(7,45)16-10-12-25(2)33-26(3)13-14-31(48-28(5)41)37(6,44)17-15-29(42)24-32(43)49-33/h10,12-14,16,26-27,29-31,33-36,39,42,44-45H,9,11,15,17-24H2,1-8H3/b14-13+,16-10+,25-12+/t26-,27+,29+,30-,31-,33-,34+,35-,36?,37+,38?/m0/s1. The number of esters is 2. The summed E-state index contributed by atoms with van der Waals surface area (Å²) >= 11 is 0. The molecule has 0 aromatic carbocycles. The second-order valence-corrected chi connectivity index (χ2v) is 14.8. The first-order valence-corrected chi connectivity index (χ1v) is 18.3. The van der Waals surface area contributed by atoms with Gasteiger partial charge >= 0.3 is 11.9 Å². The fraction of sp³-hybridized carbons (Fsp3) is 0.789. The summed E-state index contributed by atoms with van der Waals surface area (Å²) in [5.74, 6) is -1.31. The number of morpholine rings is 1. The highest BCUT2D eigenvalue weighted by Crippen LogP contribution is 2.39. The minimum Gasteiger partial charge on any atom is -0.457 e. The summed E-state index contributed by atoms with van der Waals surface area (Å²) in [6.07, 6.45) is 7.59. The predicted octanol–water partition coefficient (Wildman–Crippen LogP) is 3.08. The average molecular weight is 709 g/mol. The van der Waals surface area contributed by atoms with Crippen molar-refractivity contribution >= 4 is 11.9 Å². The molecule has 0 spiro atoms. The molecule has 0 saturated carbocycles. The van der Waals surface area contributed by atoms with Crippen LogP contribution < -0.4 is 5.32 Å². The van der Waals surface area contributed by atoms with Crippen molar-refractivity contribution in [1.82, 2.24) is 10.2 Å². The van der Waals surface area contributed by atoms with Crippen molar-refractivity contribution in [3.8, 4) is 0 Å². The summed E-state index contributed by atoms with van der Waals surface area (Å²) < 4.78 is 28.7. The van der Waals surface area contributed by atoms with Crippen LogP contribution in [-0.4, -0.2) is 133 Å². The molecule has 3 aliphatic rings. The lowest BCUT2D eigenvalue weighted by molar-refractivity contribution is -0.157. The summed E-state index contributed by atoms with van der Waals surface area (Å²) in [5.41, 5.74) is -2.03. The third kappa shape index (κ3) is 12.8. The highest BCUT2D eigenvalue weighted by atomic mass is 16.6. The second kappa shape index (κ2) is 19.6. The van der Waals surface area contributed by atoms with E-state index in [-0.39, 0.29) is 55.5 Å². The molecular weight excluding hydrogens is 644 g/mol. The zero-order valence-corrected chi connectivity index (χ0v) is 31.5. The van der Waals surface area contributed by atoms with Crippen molar-refractivity contribution in [3.05, 3.63) is 36.0 Å². The van der Waals surface area contributed by atoms with Crippen LogP contribution in [0.25, 0.3) is 0 Å². The van der Waals surface area contributed by atoms with Crippen LogP contribution in [0.2, 0.25) is 0 Å². The number of hydrogen-bond donors (Lipinski definition) is 4. The summed E-state index contributed by atoms with van der Waals surface area (Å²) in [7, 11) is 1.72. The van der Waals surface area contributed by atoms with Gasteiger partial charge in [0, 0.05) is 39.0 Å². The van der Waals surface area contributed by atoms with Crippen molar-refractivity contribution in [1.29, 1.82) is 0 Å². The second-order valence-electron chi connectivity index (χ2n) is 14.8. The average Bonchev–Trinajstić information content (AvgIpc) is 3.85. The quantitative estimate of drug-likeness (QED) is 0.0649. The molecule has 0 aromatic heterocycles. The van der Waals surface area contributed by atoms with Gasteiger partial charge in [-0.25, -0.2) is 0 Å². The maximum atomic E-state index is 12.9. The Kier molecular flexibility index (Phi) is 16.6. The summed E-state index contributed by atoms with van der Waals surface area (Å²) in [5, 5.41) is 37.1. The molecule has 4 N–H and O–H groups in total. The van der Waals surface area contributed by atoms with Gasteiger partial charge in [-0.05, 0) is 71.2 Å². The monoisotopic (exact) mass is 708 g/mol. The topological polar surface area (TPSA) is 160 Å². The third-order valence-corrected chi connectivity index (χ3v) is 10.3. The van der Waals surface area contributed by atoms with E-state index >= 15 is 0 Å². The lowest BCUT2D eigenvalue weighted by Crippen LogP contribution is -2.53. The van der Waals surface area contributed by atoms with Gasteiger partial charge in [0.25, 0.3) is 0 Å². The Hall–Kier alpha value is -2.16. The first kappa shape index (κ1) is 42.3. The van der Waals surface area contributed by atoms with Crippen molar-refractivity contribution in [2.75, 3.05) is 46.5 Å². The highest BCUT2D eigenvalue weighted by molar-refractivity contribution is 5.70. The number of nitrogens with one attached hydrogen (secondary N) is 1. The smallest absolute Gasteiger partial charge is 0.309 e. The Bertz CT molecular complexity index is 1160. The Morgan fingerprint density at radius 1 is 1.24 bits per heavy atom. The minimum absolute atomic E-state index is 0.0518. The Labute approximate surface area is 299 Å². The predicted molar refractivity (Wildman–Crippen MR) is 190 cm³/mol. The fourth-order valence-electron chi connectivity index (χ4n) is 7.06. The van der Waals surface area contributed by atoms with Gasteiger partial charge in [-0.1, -0.05) is 45.1 Å². The lowest BCUT2D eigenvalue weighted by Gasteiger charge is -2.32. The van der Waals surface area contributed by atoms with Crippen molar-refractivity contribution < 1.29 is 48.6 Å². The van der Waals surface area contributed by atoms with Crippen LogP contribution in [-0.2, 0) is 33.3 Å². The van der Waals surface area contributed by atoms with E-state index in [1.54, 1.807) is 51.3 Å². The van der Waals surface area contributed by atoms with E-state index < -0.39 is 41.5 Å². The molecule has 3 aliphatic heterocycles. The summed E-state index contributed by atoms with van der Waals surface area (Å²) in [6.45, 7) is 17.5. The van der Waals surface area contributed by atoms with Crippen LogP contribution in [0.3, 0.4) is 0 Å². The van der Waals surface area contributed by atoms with E-state index in [0.29, 0.717) is 12.1 Å². The number of epoxide rings is 1. The number of carbonyl (C=O) groups is 2. The molecule has 0 aromatic rings. The van der Waals surface area contributed by atoms with Gasteiger partial charge in [-0.15, -0.1) is 0 Å². The van der Waals surface area contributed by atoms with Crippen LogP contribution >= 0.6 is 0 Å². The van der Waals surface area contributed by atoms with E-state index in [4.69, 9.17) is 23.7 Å². The van der Waals surface area contributed by atoms with Gasteiger partial charge in [0.15, 0.2) is 0 Å². The van der Waals surface area contributed by atoms with Gasteiger partial charge in [-0.3, -0.25) is 14.5 Å². The van der Waals surface area contributed by atoms with E-state index in [1.807, 2.05) is 13.8 Å². The van der Waals surface area contributed by atoms with Crippen LogP contribution in [0.1, 0.15) is 80.6 Å². The molecule has 12 nitrogen and oxygen atoms in total. The molecule has 286 valence electrons. The molecule has 0 aliphatic carbocycles. The first-order chi connectivity index (χ1) is 23.6. The van der Waals surface area contributed by atoms with Crippen LogP contribution in [0, 0.1) is 11.8 Å². The number of nitrogens with zero attached hydrogens (tertiary/aromatic N) is 1. The van der Waals surface area contributed by atoms with Gasteiger partial charge in [0.2, 0.25) is 0 Å². The normalized spacial score (nSPS) is 34.1. The molecule has 3 rings (SSSR count). The van der Waals surface area contributed by atoms with Gasteiger partial charge in [0.05, 0.1) is 49.6 Å². The number of ether oxygens (including phenoxy) is 5. The zero-order valence-electron chi connectivity index (χ0n) is 31.5. The molecule has 3 heterocycles. The molecule has 0 amide bonds. The molecule has 0 bridgehead atoms. The number of aliphatic hydroxyl groups excluding tert-OH is 1. The van der Waals surface area contributed by atoms with Crippen LogP contribution in [0.4, 0.5) is 0 Å². The Balaban J connectivity index is 1.80. The maximum Gasteiger partial charge on any atom is 0.309 e. The van der Waals surface area contributed by atoms with Gasteiger partial charge in [0.1, 0.15) is 23.9 Å². The third-order valence-electron chi connectivity index (χ3n) is 10.3. The minimum atomic E-state index is -1.45. The van der Waals surface area contributed by atoms with E-state index in [2.05, 4.69) is 24.1 Å². The van der Waals surface area contributed by atoms with Crippen molar-refractivity contribution in [2.45, 2.75) is 134 Å². The molecule has 0 radical (unpaired) electrons. The molecule has 11 atom stereocenters. The van der Waals surface area contributed by atoms with E-state index in [1.165, 1.54) is 6.92 Å². The largest absolute Gasteiger partial charge is 0.457 e. The SMILES string of the molecule is CC[C@H](OC)[C@@H](C)[C@H]1O[C@@H]1C(NCCCN1CCOCC1)C(C)(O)/C=C/C=C(\C)[C@@H]1OC(=O)C[C@H](O)CC[C@@](C)(O)[C@@H](OC(C)=O)/C=C/[C@@H]1C. The number of cyclic esters (lactones) is 1. The molecule has 2 unspecified atom stereocenters. The van der Waals surface area contributed by atoms with E-state index in [0.717, 1.165) is 45.7 Å². The van der Waals surface area contributed by atoms with Crippen molar-refractivity contribution in [2.24, 2.45) is 11.8 Å². The lowest BCUT2D eigenvalue weighted by atomic mass is 9.87. The number of aliphatic hydroxyl groups is 3. The summed E-state index contributed by atoms with van der Waals surface area (Å²) in [4.78, 5) is 27.1. The highest BCUT2D eigenvalue weighted by Gasteiger charge is 2.54. The Morgan fingerprint density at radius 2 is 1.94 bits per heavy atom. The first-order valence-electron chi connectivity index (χ1n) is 18.3. The zero-order chi connectivity index (χ0) is 37.1. The van der Waals surface area contributed by atoms with Crippen LogP contribution in [0.15, 0.2) is 36.0 Å². The van der Waals surface area contributed by atoms with Gasteiger partial charge < -0.3 is 44.3 Å².